The molecule has 2 aliphatic carbocycles. The van der Waals surface area contributed by atoms with Crippen LogP contribution in [0, 0.1) is 36.4 Å². The Bertz CT molecular complexity index is 1350. The Morgan fingerprint density at radius 1 is 1.18 bits per heavy atom. The normalized spacial score (nSPS) is 23.6. The number of aliphatic hydroxyl groups is 1. The number of alkyl halides is 2. The van der Waals surface area contributed by atoms with Gasteiger partial charge in [0.25, 0.3) is 6.43 Å². The van der Waals surface area contributed by atoms with Gasteiger partial charge in [-0.1, -0.05) is 11.6 Å². The van der Waals surface area contributed by atoms with Crippen molar-refractivity contribution in [3.05, 3.63) is 64.5 Å². The smallest absolute Gasteiger partial charge is 0.307 e. The van der Waals surface area contributed by atoms with E-state index in [2.05, 4.69) is 4.99 Å². The molecule has 0 radical (unpaired) electrons. The summed E-state index contributed by atoms with van der Waals surface area (Å²) in [6, 6.07) is 7.33. The maximum atomic E-state index is 14.9. The third kappa shape index (κ3) is 5.69. The number of benzene rings is 2. The first-order chi connectivity index (χ1) is 18.4. The summed E-state index contributed by atoms with van der Waals surface area (Å²) in [6.45, 7) is 5.70. The first kappa shape index (κ1) is 27.2. The molecule has 4 atom stereocenters. The zero-order valence-corrected chi connectivity index (χ0v) is 22.1. The Labute approximate surface area is 225 Å². The molecule has 208 valence electrons. The Hall–Kier alpha value is -3.33. The highest BCUT2D eigenvalue weighted by Crippen LogP contribution is 2.63. The van der Waals surface area contributed by atoms with E-state index in [0.29, 0.717) is 48.8 Å². The average Bonchev–Trinajstić information content (AvgIpc) is 3.45. The molecule has 0 amide bonds. The molecule has 9 heteroatoms. The van der Waals surface area contributed by atoms with Crippen molar-refractivity contribution < 1.29 is 37.7 Å². The molecule has 2 aromatic carbocycles. The van der Waals surface area contributed by atoms with E-state index in [4.69, 9.17) is 9.47 Å². The van der Waals surface area contributed by atoms with Gasteiger partial charge in [0, 0.05) is 30.0 Å². The van der Waals surface area contributed by atoms with Crippen LogP contribution in [0.3, 0.4) is 0 Å². The topological polar surface area (TPSA) is 88.4 Å². The third-order valence-electron chi connectivity index (χ3n) is 7.98. The Kier molecular flexibility index (Phi) is 7.22. The van der Waals surface area contributed by atoms with Crippen molar-refractivity contribution in [2.24, 2.45) is 28.7 Å². The summed E-state index contributed by atoms with van der Waals surface area (Å²) in [6.07, 6.45) is 0.0656. The van der Waals surface area contributed by atoms with Crippen LogP contribution in [-0.2, 0) is 16.1 Å². The number of aryl methyl sites for hydroxylation is 1. The molecule has 2 N–H and O–H groups in total. The maximum absolute atomic E-state index is 14.9. The van der Waals surface area contributed by atoms with Gasteiger partial charge in [-0.3, -0.25) is 9.79 Å². The lowest BCUT2D eigenvalue weighted by molar-refractivity contribution is -0.139. The van der Waals surface area contributed by atoms with Crippen LogP contribution in [0.25, 0.3) is 11.1 Å². The van der Waals surface area contributed by atoms with E-state index in [1.165, 1.54) is 6.07 Å². The quantitative estimate of drug-likeness (QED) is 0.399. The Morgan fingerprint density at radius 2 is 1.95 bits per heavy atom. The highest BCUT2D eigenvalue weighted by atomic mass is 19.3. The number of carboxylic acid groups (broad SMARTS) is 1. The van der Waals surface area contributed by atoms with Gasteiger partial charge in [0.1, 0.15) is 18.2 Å². The van der Waals surface area contributed by atoms with Crippen LogP contribution in [0.15, 0.2) is 47.0 Å². The number of carbonyl (C=O) groups is 1. The van der Waals surface area contributed by atoms with E-state index in [9.17, 15) is 28.2 Å². The lowest BCUT2D eigenvalue weighted by Crippen LogP contribution is -2.21. The molecule has 1 aliphatic heterocycles. The number of hydrogen-bond acceptors (Lipinski definition) is 5. The third-order valence-corrected chi connectivity index (χ3v) is 7.98. The molecule has 0 aromatic heterocycles. The van der Waals surface area contributed by atoms with Crippen LogP contribution < -0.4 is 4.74 Å². The van der Waals surface area contributed by atoms with Crippen molar-refractivity contribution in [1.82, 2.24) is 0 Å². The molecule has 39 heavy (non-hydrogen) atoms. The molecule has 6 nitrogen and oxygen atoms in total. The van der Waals surface area contributed by atoms with Crippen LogP contribution in [0.5, 0.6) is 5.75 Å². The number of fused-ring (bicyclic) bond motifs is 3. The monoisotopic (exact) mass is 543 g/mol. The van der Waals surface area contributed by atoms with Crippen molar-refractivity contribution in [3.8, 4) is 16.9 Å². The summed E-state index contributed by atoms with van der Waals surface area (Å²) in [5.41, 5.74) is 1.39. The summed E-state index contributed by atoms with van der Waals surface area (Å²) in [5.74, 6) is -0.546. The summed E-state index contributed by atoms with van der Waals surface area (Å²) in [4.78, 5) is 15.8. The number of carboxylic acids is 1. The number of nitrogens with zero attached hydrogens (tertiary/aromatic N) is 1. The largest absolute Gasteiger partial charge is 0.493 e. The first-order valence-electron chi connectivity index (χ1n) is 13.1. The van der Waals surface area contributed by atoms with Crippen molar-refractivity contribution in [2.45, 2.75) is 52.2 Å². The SMILES string of the molecule is Cc1cc(OCCC(C)(C)O)ccc1-c1cc(COC2=NCC3C(=C2)C[C@H]2[C@H](C(=O)O)[C@@H]32)c(F)cc1C(F)F. The van der Waals surface area contributed by atoms with Crippen LogP contribution in [-0.4, -0.2) is 40.8 Å². The number of hydrogen-bond donors (Lipinski definition) is 2. The molecule has 0 spiro atoms. The second-order valence-electron chi connectivity index (χ2n) is 11.3. The number of dihydropyridines is 1. The second kappa shape index (κ2) is 10.3. The van der Waals surface area contributed by atoms with E-state index in [1.807, 2.05) is 6.08 Å². The number of aliphatic imine (C=N–C) groups is 1. The molecular formula is C30H32F3NO5. The minimum absolute atomic E-state index is 0.113. The van der Waals surface area contributed by atoms with Gasteiger partial charge >= 0.3 is 5.97 Å². The highest BCUT2D eigenvalue weighted by Gasteiger charge is 2.63. The van der Waals surface area contributed by atoms with Gasteiger partial charge in [0.05, 0.1) is 18.1 Å². The molecule has 1 unspecified atom stereocenters. The zero-order valence-electron chi connectivity index (χ0n) is 22.1. The first-order valence-corrected chi connectivity index (χ1v) is 13.1. The lowest BCUT2D eigenvalue weighted by Gasteiger charge is -2.21. The van der Waals surface area contributed by atoms with Gasteiger partial charge in [0.2, 0.25) is 5.90 Å². The fourth-order valence-electron chi connectivity index (χ4n) is 5.87. The van der Waals surface area contributed by atoms with E-state index in [0.717, 1.165) is 11.6 Å². The van der Waals surface area contributed by atoms with Crippen LogP contribution in [0.1, 0.15) is 49.8 Å². The van der Waals surface area contributed by atoms with Crippen LogP contribution in [0.2, 0.25) is 0 Å². The number of ether oxygens (including phenoxy) is 2. The Morgan fingerprint density at radius 3 is 2.62 bits per heavy atom. The van der Waals surface area contributed by atoms with Crippen molar-refractivity contribution >= 4 is 11.9 Å². The predicted molar refractivity (Wildman–Crippen MR) is 139 cm³/mol. The molecular weight excluding hydrogens is 511 g/mol. The van der Waals surface area contributed by atoms with E-state index in [-0.39, 0.29) is 41.4 Å². The maximum Gasteiger partial charge on any atom is 0.307 e. The molecule has 2 aromatic rings. The van der Waals surface area contributed by atoms with Crippen LogP contribution in [0.4, 0.5) is 13.2 Å². The van der Waals surface area contributed by atoms with Gasteiger partial charge in [-0.2, -0.15) is 0 Å². The molecule has 0 saturated heterocycles. The minimum Gasteiger partial charge on any atom is -0.493 e. The molecule has 0 bridgehead atoms. The fraction of sp³-hybridized carbons (Fsp3) is 0.467. The van der Waals surface area contributed by atoms with Crippen molar-refractivity contribution in [3.63, 3.8) is 0 Å². The summed E-state index contributed by atoms with van der Waals surface area (Å²) in [5, 5.41) is 19.2. The lowest BCUT2D eigenvalue weighted by atomic mass is 9.92. The van der Waals surface area contributed by atoms with Crippen LogP contribution >= 0.6 is 0 Å². The van der Waals surface area contributed by atoms with Crippen molar-refractivity contribution in [2.75, 3.05) is 13.2 Å². The average molecular weight is 544 g/mol. The summed E-state index contributed by atoms with van der Waals surface area (Å²) in [7, 11) is 0. The van der Waals surface area contributed by atoms with Gasteiger partial charge in [0.15, 0.2) is 0 Å². The number of halogens is 3. The molecule has 2 saturated carbocycles. The number of aliphatic carboxylic acids is 1. The summed E-state index contributed by atoms with van der Waals surface area (Å²) < 4.78 is 54.2. The molecule has 3 aliphatic rings. The van der Waals surface area contributed by atoms with Gasteiger partial charge in [-0.05, 0) is 86.1 Å². The fourth-order valence-corrected chi connectivity index (χ4v) is 5.87. The Balaban J connectivity index is 1.31. The van der Waals surface area contributed by atoms with E-state index < -0.39 is 29.4 Å². The number of rotatable bonds is 9. The standard InChI is InChI=1S/C30H32F3NO5/c1-15-8-18(38-7-6-30(2,3)37)4-5-19(15)20-10-17(24(31)12-21(20)28(32)33)14-39-25-11-16-9-22-26(23(16)13-34-25)27(22)29(35)36/h4-5,8,10-12,22-23,26-28,37H,6-7,9,13-14H2,1-3H3,(H,35,36)/t22-,23?,26-,27+/m1/s1. The van der Waals surface area contributed by atoms with Gasteiger partial charge in [-0.15, -0.1) is 0 Å². The molecule has 1 heterocycles. The zero-order chi connectivity index (χ0) is 28.1. The van der Waals surface area contributed by atoms with E-state index in [1.54, 1.807) is 39.0 Å². The molecule has 5 rings (SSSR count). The predicted octanol–water partition coefficient (Wildman–Crippen LogP) is 6.10. The summed E-state index contributed by atoms with van der Waals surface area (Å²) >= 11 is 0. The van der Waals surface area contributed by atoms with Crippen molar-refractivity contribution in [1.29, 1.82) is 0 Å². The van der Waals surface area contributed by atoms with Gasteiger partial charge in [-0.25, -0.2) is 13.2 Å². The van der Waals surface area contributed by atoms with Gasteiger partial charge < -0.3 is 19.7 Å². The van der Waals surface area contributed by atoms with E-state index >= 15 is 0 Å². The molecule has 2 fully saturated rings. The minimum atomic E-state index is -2.88. The highest BCUT2D eigenvalue weighted by molar-refractivity contribution is 5.90. The second-order valence-corrected chi connectivity index (χ2v) is 11.3.